The third kappa shape index (κ3) is 4.47. The topological polar surface area (TPSA) is 33.5 Å². The standard InChI is InChI=1S/C18H16ClNO2S/c19-16-5-3-14(4-6-16)10-18(21)20(11-15-7-9-23-13-15)12-17-2-1-8-22-17/h1-9,13H,10-12H2. The molecular weight excluding hydrogens is 330 g/mol. The van der Waals surface area contributed by atoms with E-state index in [1.165, 1.54) is 0 Å². The van der Waals surface area contributed by atoms with Crippen LogP contribution in [0.1, 0.15) is 16.9 Å². The van der Waals surface area contributed by atoms with Gasteiger partial charge >= 0.3 is 0 Å². The number of halogens is 1. The molecule has 0 unspecified atom stereocenters. The van der Waals surface area contributed by atoms with E-state index in [9.17, 15) is 4.79 Å². The van der Waals surface area contributed by atoms with Gasteiger partial charge in [-0.2, -0.15) is 11.3 Å². The number of rotatable bonds is 6. The van der Waals surface area contributed by atoms with E-state index in [0.717, 1.165) is 16.9 Å². The molecule has 0 aliphatic heterocycles. The first-order valence-corrected chi connectivity index (χ1v) is 8.58. The van der Waals surface area contributed by atoms with Crippen molar-refractivity contribution in [2.45, 2.75) is 19.5 Å². The van der Waals surface area contributed by atoms with Gasteiger partial charge in [-0.15, -0.1) is 0 Å². The molecule has 0 spiro atoms. The van der Waals surface area contributed by atoms with Gasteiger partial charge < -0.3 is 9.32 Å². The van der Waals surface area contributed by atoms with Crippen molar-refractivity contribution in [3.05, 3.63) is 81.4 Å². The molecule has 3 aromatic rings. The summed E-state index contributed by atoms with van der Waals surface area (Å²) >= 11 is 7.52. The van der Waals surface area contributed by atoms with Crippen LogP contribution < -0.4 is 0 Å². The van der Waals surface area contributed by atoms with Gasteiger partial charge in [0, 0.05) is 11.6 Å². The second kappa shape index (κ2) is 7.49. The summed E-state index contributed by atoms with van der Waals surface area (Å²) in [5.41, 5.74) is 2.08. The van der Waals surface area contributed by atoms with Gasteiger partial charge in [0.25, 0.3) is 0 Å². The summed E-state index contributed by atoms with van der Waals surface area (Å²) in [6.07, 6.45) is 1.98. The molecule has 1 aromatic carbocycles. The Morgan fingerprint density at radius 3 is 2.57 bits per heavy atom. The smallest absolute Gasteiger partial charge is 0.227 e. The minimum atomic E-state index is 0.0647. The summed E-state index contributed by atoms with van der Waals surface area (Å²) in [5.74, 6) is 0.847. The molecule has 0 aliphatic carbocycles. The van der Waals surface area contributed by atoms with E-state index in [1.54, 1.807) is 29.7 Å². The lowest BCUT2D eigenvalue weighted by molar-refractivity contribution is -0.132. The van der Waals surface area contributed by atoms with Crippen molar-refractivity contribution in [3.63, 3.8) is 0 Å². The summed E-state index contributed by atoms with van der Waals surface area (Å²) in [7, 11) is 0. The van der Waals surface area contributed by atoms with Crippen LogP contribution in [0.3, 0.4) is 0 Å². The number of hydrogen-bond acceptors (Lipinski definition) is 3. The van der Waals surface area contributed by atoms with Crippen LogP contribution in [-0.2, 0) is 24.3 Å². The fourth-order valence-electron chi connectivity index (χ4n) is 2.31. The molecule has 0 N–H and O–H groups in total. The van der Waals surface area contributed by atoms with E-state index >= 15 is 0 Å². The molecule has 5 heteroatoms. The maximum absolute atomic E-state index is 12.7. The summed E-state index contributed by atoms with van der Waals surface area (Å²) in [6, 6.07) is 13.1. The van der Waals surface area contributed by atoms with Crippen LogP contribution >= 0.6 is 22.9 Å². The number of hydrogen-bond donors (Lipinski definition) is 0. The second-order valence-corrected chi connectivity index (χ2v) is 6.48. The Kier molecular flexibility index (Phi) is 5.16. The zero-order valence-electron chi connectivity index (χ0n) is 12.4. The molecule has 0 bridgehead atoms. The van der Waals surface area contributed by atoms with Gasteiger partial charge in [-0.1, -0.05) is 23.7 Å². The van der Waals surface area contributed by atoms with Crippen LogP contribution in [-0.4, -0.2) is 10.8 Å². The van der Waals surface area contributed by atoms with Crippen LogP contribution in [0, 0.1) is 0 Å². The fraction of sp³-hybridized carbons (Fsp3) is 0.167. The maximum atomic E-state index is 12.7. The predicted molar refractivity (Wildman–Crippen MR) is 92.4 cm³/mol. The average Bonchev–Trinajstić information content (AvgIpc) is 3.22. The minimum absolute atomic E-state index is 0.0647. The van der Waals surface area contributed by atoms with Crippen molar-refractivity contribution < 1.29 is 9.21 Å². The normalized spacial score (nSPS) is 10.7. The fourth-order valence-corrected chi connectivity index (χ4v) is 3.10. The summed E-state index contributed by atoms with van der Waals surface area (Å²) in [6.45, 7) is 1.05. The molecule has 2 aromatic heterocycles. The van der Waals surface area contributed by atoms with Gasteiger partial charge in [-0.3, -0.25) is 4.79 Å². The second-order valence-electron chi connectivity index (χ2n) is 5.26. The molecule has 3 rings (SSSR count). The summed E-state index contributed by atoms with van der Waals surface area (Å²) < 4.78 is 5.39. The Morgan fingerprint density at radius 1 is 1.09 bits per heavy atom. The quantitative estimate of drug-likeness (QED) is 0.645. The van der Waals surface area contributed by atoms with Crippen molar-refractivity contribution >= 4 is 28.8 Å². The highest BCUT2D eigenvalue weighted by atomic mass is 35.5. The predicted octanol–water partition coefficient (Wildman–Crippen LogP) is 4.77. The lowest BCUT2D eigenvalue weighted by atomic mass is 10.1. The first-order valence-electron chi connectivity index (χ1n) is 7.26. The molecule has 3 nitrogen and oxygen atoms in total. The number of carbonyl (C=O) groups is 1. The summed E-state index contributed by atoms with van der Waals surface area (Å²) in [5, 5.41) is 4.75. The Hall–Kier alpha value is -2.04. The van der Waals surface area contributed by atoms with Crippen LogP contribution in [0.5, 0.6) is 0 Å². The highest BCUT2D eigenvalue weighted by molar-refractivity contribution is 7.07. The zero-order valence-corrected chi connectivity index (χ0v) is 14.0. The highest BCUT2D eigenvalue weighted by Crippen LogP contribution is 2.16. The maximum Gasteiger partial charge on any atom is 0.227 e. The molecule has 0 saturated carbocycles. The Labute approximate surface area is 144 Å². The van der Waals surface area contributed by atoms with Gasteiger partial charge in [0.2, 0.25) is 5.91 Å². The van der Waals surface area contributed by atoms with Gasteiger partial charge in [0.15, 0.2) is 0 Å². The SMILES string of the molecule is O=C(Cc1ccc(Cl)cc1)N(Cc1ccsc1)Cc1ccco1. The van der Waals surface area contributed by atoms with E-state index in [4.69, 9.17) is 16.0 Å². The molecule has 0 atom stereocenters. The van der Waals surface area contributed by atoms with E-state index in [1.807, 2.05) is 40.6 Å². The van der Waals surface area contributed by atoms with E-state index < -0.39 is 0 Å². The van der Waals surface area contributed by atoms with E-state index in [0.29, 0.717) is 24.5 Å². The van der Waals surface area contributed by atoms with Gasteiger partial charge in [-0.05, 0) is 52.2 Å². The number of benzene rings is 1. The molecule has 23 heavy (non-hydrogen) atoms. The van der Waals surface area contributed by atoms with Crippen molar-refractivity contribution in [1.29, 1.82) is 0 Å². The lowest BCUT2D eigenvalue weighted by Gasteiger charge is -2.21. The van der Waals surface area contributed by atoms with Crippen LogP contribution in [0.25, 0.3) is 0 Å². The monoisotopic (exact) mass is 345 g/mol. The molecule has 0 saturated heterocycles. The molecule has 0 aliphatic rings. The number of thiophene rings is 1. The van der Waals surface area contributed by atoms with Crippen LogP contribution in [0.15, 0.2) is 63.9 Å². The number of nitrogens with zero attached hydrogens (tertiary/aromatic N) is 1. The summed E-state index contributed by atoms with van der Waals surface area (Å²) in [4.78, 5) is 14.5. The Bertz CT molecular complexity index is 700. The molecular formula is C18H16ClNO2S. The first kappa shape index (κ1) is 15.8. The zero-order chi connectivity index (χ0) is 16.1. The van der Waals surface area contributed by atoms with E-state index in [-0.39, 0.29) is 5.91 Å². The third-order valence-corrected chi connectivity index (χ3v) is 4.49. The van der Waals surface area contributed by atoms with Crippen molar-refractivity contribution in [3.8, 4) is 0 Å². The molecule has 0 radical (unpaired) electrons. The molecule has 0 fully saturated rings. The van der Waals surface area contributed by atoms with Crippen molar-refractivity contribution in [2.24, 2.45) is 0 Å². The minimum Gasteiger partial charge on any atom is -0.467 e. The van der Waals surface area contributed by atoms with Crippen molar-refractivity contribution in [1.82, 2.24) is 4.90 Å². The number of carbonyl (C=O) groups excluding carboxylic acids is 1. The molecule has 118 valence electrons. The van der Waals surface area contributed by atoms with Gasteiger partial charge in [-0.25, -0.2) is 0 Å². The molecule has 1 amide bonds. The lowest BCUT2D eigenvalue weighted by Crippen LogP contribution is -2.31. The van der Waals surface area contributed by atoms with Crippen LogP contribution in [0.4, 0.5) is 0 Å². The number of furan rings is 1. The van der Waals surface area contributed by atoms with Crippen molar-refractivity contribution in [2.75, 3.05) is 0 Å². The van der Waals surface area contributed by atoms with E-state index in [2.05, 4.69) is 5.38 Å². The average molecular weight is 346 g/mol. The van der Waals surface area contributed by atoms with Crippen LogP contribution in [0.2, 0.25) is 5.02 Å². The van der Waals surface area contributed by atoms with Gasteiger partial charge in [0.05, 0.1) is 19.2 Å². The Balaban J connectivity index is 1.73. The van der Waals surface area contributed by atoms with Gasteiger partial charge in [0.1, 0.15) is 5.76 Å². The highest BCUT2D eigenvalue weighted by Gasteiger charge is 2.16. The first-order chi connectivity index (χ1) is 11.2. The Morgan fingerprint density at radius 2 is 1.91 bits per heavy atom. The molecule has 2 heterocycles. The largest absolute Gasteiger partial charge is 0.467 e. The third-order valence-electron chi connectivity index (χ3n) is 3.50. The number of amides is 1.